The van der Waals surface area contributed by atoms with E-state index in [1.54, 1.807) is 10.6 Å². The third kappa shape index (κ3) is 11.0. The van der Waals surface area contributed by atoms with E-state index in [-0.39, 0.29) is 66.9 Å². The van der Waals surface area contributed by atoms with Crippen molar-refractivity contribution >= 4 is 48.0 Å². The van der Waals surface area contributed by atoms with E-state index in [1.807, 2.05) is 0 Å². The summed E-state index contributed by atoms with van der Waals surface area (Å²) in [5.41, 5.74) is 2.03. The van der Waals surface area contributed by atoms with Gasteiger partial charge in [-0.15, -0.1) is 80.7 Å². The maximum atomic E-state index is 2.55. The minimum absolute atomic E-state index is 0. The van der Waals surface area contributed by atoms with Gasteiger partial charge in [0.1, 0.15) is 0 Å². The van der Waals surface area contributed by atoms with Crippen LogP contribution in [0.15, 0.2) is 72.8 Å². The normalized spacial score (nSPS) is 15.9. The summed E-state index contributed by atoms with van der Waals surface area (Å²) in [4.78, 5) is 0. The molecule has 0 radical (unpaired) electrons. The van der Waals surface area contributed by atoms with E-state index in [4.69, 9.17) is 0 Å². The molecule has 0 aromatic heterocycles. The van der Waals surface area contributed by atoms with E-state index < -0.39 is 0 Å². The molecule has 0 bridgehead atoms. The monoisotopic (exact) mass is 730 g/mol. The standard InChI is InChI=1S/C21H28P.C17H24P.2ClH.Zr/c1-3-11-19(12-4-1)22(20-13-5-2-6-14-20)21-15-17-9-7-8-10-18(17)16-21;1-3-5-11-18(12-6-4-2)17-13-15-9-7-8-10-16(15)14-17;;;/h7-10,15-16,19-20H,1-6,11-14H2;7-10,13-14H,3-6,11-12H2,1-2H3;2*1H;/q2*-1;;;+4/p-2. The molecule has 2 aliphatic rings. The molecule has 0 atom stereocenters. The van der Waals surface area contributed by atoms with Crippen molar-refractivity contribution in [2.45, 2.75) is 115 Å². The summed E-state index contributed by atoms with van der Waals surface area (Å²) in [5, 5.41) is 9.15. The third-order valence-corrected chi connectivity index (χ3v) is 15.5. The fourth-order valence-electron chi connectivity index (χ4n) is 7.11. The molecule has 232 valence electrons. The van der Waals surface area contributed by atoms with Crippen molar-refractivity contribution in [1.29, 1.82) is 0 Å². The second-order valence-corrected chi connectivity index (χ2v) is 17.7. The van der Waals surface area contributed by atoms with Crippen LogP contribution in [0.25, 0.3) is 21.5 Å². The van der Waals surface area contributed by atoms with Crippen molar-refractivity contribution in [3.05, 3.63) is 72.8 Å². The number of hydrogen-bond acceptors (Lipinski definition) is 0. The largest absolute Gasteiger partial charge is 4.00 e. The van der Waals surface area contributed by atoms with Crippen LogP contribution in [0, 0.1) is 0 Å². The molecule has 4 aromatic rings. The average molecular weight is 733 g/mol. The van der Waals surface area contributed by atoms with E-state index in [0.717, 1.165) is 11.3 Å². The Balaban J connectivity index is 0.000000286. The Morgan fingerprint density at radius 3 is 1.47 bits per heavy atom. The van der Waals surface area contributed by atoms with Crippen LogP contribution in [-0.4, -0.2) is 23.6 Å². The Hall–Kier alpha value is -0.0169. The summed E-state index contributed by atoms with van der Waals surface area (Å²) in [7, 11) is 0.147. The predicted molar refractivity (Wildman–Crippen MR) is 185 cm³/mol. The number of hydrogen-bond donors (Lipinski definition) is 0. The van der Waals surface area contributed by atoms with Crippen molar-refractivity contribution in [2.75, 3.05) is 12.3 Å². The summed E-state index contributed by atoms with van der Waals surface area (Å²) >= 11 is 0. The molecule has 5 heteroatoms. The van der Waals surface area contributed by atoms with Crippen LogP contribution < -0.4 is 35.4 Å². The zero-order valence-electron chi connectivity index (χ0n) is 26.5. The molecule has 0 amide bonds. The molecule has 0 nitrogen and oxygen atoms in total. The van der Waals surface area contributed by atoms with Gasteiger partial charge in [0.05, 0.1) is 0 Å². The zero-order chi connectivity index (χ0) is 27.6. The Morgan fingerprint density at radius 1 is 0.605 bits per heavy atom. The minimum atomic E-state index is 0. The average Bonchev–Trinajstić information content (AvgIpc) is 3.63. The molecule has 6 rings (SSSR count). The number of benzene rings is 2. The van der Waals surface area contributed by atoms with Gasteiger partial charge in [-0.25, -0.2) is 0 Å². The summed E-state index contributed by atoms with van der Waals surface area (Å²) < 4.78 is 0. The van der Waals surface area contributed by atoms with Crippen LogP contribution in [0.1, 0.15) is 104 Å². The predicted octanol–water partition coefficient (Wildman–Crippen LogP) is 5.60. The third-order valence-electron chi connectivity index (χ3n) is 9.37. The summed E-state index contributed by atoms with van der Waals surface area (Å²) in [6, 6.07) is 27.7. The first-order chi connectivity index (χ1) is 19.8. The minimum Gasteiger partial charge on any atom is -1.00 e. The molecule has 0 aliphatic heterocycles. The van der Waals surface area contributed by atoms with Crippen molar-refractivity contribution in [3.8, 4) is 0 Å². The molecule has 43 heavy (non-hydrogen) atoms. The van der Waals surface area contributed by atoms with Crippen molar-refractivity contribution < 1.29 is 51.0 Å². The van der Waals surface area contributed by atoms with Gasteiger partial charge in [-0.1, -0.05) is 93.2 Å². The molecule has 4 aromatic carbocycles. The molecule has 2 fully saturated rings. The molecule has 2 aliphatic carbocycles. The smallest absolute Gasteiger partial charge is 1.00 e. The van der Waals surface area contributed by atoms with E-state index in [2.05, 4.69) is 86.6 Å². The second-order valence-electron chi connectivity index (χ2n) is 12.4. The Labute approximate surface area is 297 Å². The first-order valence-corrected chi connectivity index (χ1v) is 19.8. The Kier molecular flexibility index (Phi) is 19.1. The van der Waals surface area contributed by atoms with Crippen molar-refractivity contribution in [2.24, 2.45) is 0 Å². The number of rotatable bonds is 10. The van der Waals surface area contributed by atoms with Gasteiger partial charge in [-0.2, -0.15) is 12.1 Å². The van der Waals surface area contributed by atoms with Crippen molar-refractivity contribution in [3.63, 3.8) is 0 Å². The fraction of sp³-hybridized carbons (Fsp3) is 0.526. The topological polar surface area (TPSA) is 0 Å². The maximum absolute atomic E-state index is 2.55. The molecular formula is C38H52Cl2P2Zr. The fourth-order valence-corrected chi connectivity index (χ4v) is 13.7. The number of fused-ring (bicyclic) bond motifs is 2. The van der Waals surface area contributed by atoms with Gasteiger partial charge in [0.25, 0.3) is 0 Å². The van der Waals surface area contributed by atoms with Crippen LogP contribution in [-0.2, 0) is 26.2 Å². The van der Waals surface area contributed by atoms with Crippen LogP contribution in [0.5, 0.6) is 0 Å². The quantitative estimate of drug-likeness (QED) is 0.147. The van der Waals surface area contributed by atoms with Gasteiger partial charge in [0, 0.05) is 0 Å². The molecule has 0 spiro atoms. The molecule has 0 saturated heterocycles. The van der Waals surface area contributed by atoms with Gasteiger partial charge >= 0.3 is 26.2 Å². The Morgan fingerprint density at radius 2 is 1.02 bits per heavy atom. The van der Waals surface area contributed by atoms with E-state index >= 15 is 0 Å². The van der Waals surface area contributed by atoms with E-state index in [9.17, 15) is 0 Å². The summed E-state index contributed by atoms with van der Waals surface area (Å²) in [5.74, 6) is 0. The first kappa shape index (κ1) is 39.2. The number of unbranched alkanes of at least 4 members (excludes halogenated alkanes) is 2. The van der Waals surface area contributed by atoms with Gasteiger partial charge in [-0.05, 0) is 62.2 Å². The molecule has 2 saturated carbocycles. The first-order valence-electron chi connectivity index (χ1n) is 16.6. The SMILES string of the molecule is CCCCP(CCCC)c1cc2ccccc2[cH-]1.[Cl-].[Cl-].[Zr+4].c1ccc2[cH-]c(P(C3CCCCC3)C3CCCCC3)cc2c1. The molecule has 0 N–H and O–H groups in total. The van der Waals surface area contributed by atoms with Crippen LogP contribution in [0.2, 0.25) is 0 Å². The Bertz CT molecular complexity index is 1190. The molecular weight excluding hydrogens is 680 g/mol. The molecule has 0 unspecified atom stereocenters. The second kappa shape index (κ2) is 21.0. The maximum Gasteiger partial charge on any atom is 4.00 e. The van der Waals surface area contributed by atoms with Gasteiger partial charge in [0.15, 0.2) is 0 Å². The summed E-state index contributed by atoms with van der Waals surface area (Å²) in [6.07, 6.45) is 23.2. The van der Waals surface area contributed by atoms with Crippen LogP contribution in [0.3, 0.4) is 0 Å². The summed E-state index contributed by atoms with van der Waals surface area (Å²) in [6.45, 7) is 4.60. The van der Waals surface area contributed by atoms with Crippen molar-refractivity contribution in [1.82, 2.24) is 0 Å². The molecule has 0 heterocycles. The van der Waals surface area contributed by atoms with Crippen LogP contribution >= 0.6 is 15.8 Å². The zero-order valence-corrected chi connectivity index (χ0v) is 32.3. The van der Waals surface area contributed by atoms with Gasteiger partial charge in [-0.3, -0.25) is 0 Å². The van der Waals surface area contributed by atoms with Crippen LogP contribution in [0.4, 0.5) is 0 Å². The van der Waals surface area contributed by atoms with Gasteiger partial charge in [0.2, 0.25) is 0 Å². The van der Waals surface area contributed by atoms with E-state index in [0.29, 0.717) is 0 Å². The number of halogens is 2. The van der Waals surface area contributed by atoms with E-state index in [1.165, 1.54) is 124 Å². The van der Waals surface area contributed by atoms with Gasteiger partial charge < -0.3 is 24.8 Å².